The minimum Gasteiger partial charge on any atom is -0.243 e. The molecular weight excluding hydrogens is 247 g/mol. The van der Waals surface area contributed by atoms with Crippen LogP contribution in [0.5, 0.6) is 0 Å². The van der Waals surface area contributed by atoms with E-state index >= 15 is 0 Å². The molecule has 0 bridgehead atoms. The Balaban J connectivity index is 3.28. The average molecular weight is 285 g/mol. The topological polar surface area (TPSA) is 0 Å². The van der Waals surface area contributed by atoms with Gasteiger partial charge in [0.25, 0.3) is 0 Å². The lowest BCUT2D eigenvalue weighted by Gasteiger charge is -2.04. The molecule has 0 N–H and O–H groups in total. The molecule has 0 fully saturated rings. The molecule has 0 rings (SSSR count). The van der Waals surface area contributed by atoms with Gasteiger partial charge in [0.1, 0.15) is 6.17 Å². The summed E-state index contributed by atoms with van der Waals surface area (Å²) in [7, 11) is 0. The van der Waals surface area contributed by atoms with Crippen LogP contribution in [0.25, 0.3) is 0 Å². The van der Waals surface area contributed by atoms with Crippen LogP contribution in [-0.4, -0.2) is 6.17 Å². The van der Waals surface area contributed by atoms with Crippen LogP contribution in [0.2, 0.25) is 0 Å². The quantitative estimate of drug-likeness (QED) is 0.233. The molecule has 0 saturated carbocycles. The van der Waals surface area contributed by atoms with Gasteiger partial charge in [-0.2, -0.15) is 0 Å². The molecule has 0 aromatic carbocycles. The number of halogens is 1. The summed E-state index contributed by atoms with van der Waals surface area (Å²) in [5, 5.41) is 0. The first-order chi connectivity index (χ1) is 9.66. The highest BCUT2D eigenvalue weighted by Crippen LogP contribution is 2.13. The largest absolute Gasteiger partial charge is 0.243 e. The minimum absolute atomic E-state index is 0.712. The third-order valence-corrected chi connectivity index (χ3v) is 3.83. The van der Waals surface area contributed by atoms with Gasteiger partial charge >= 0.3 is 0 Å². The van der Waals surface area contributed by atoms with Crippen molar-refractivity contribution in [2.45, 2.75) is 104 Å². The van der Waals surface area contributed by atoms with Crippen molar-refractivity contribution < 1.29 is 4.39 Å². The van der Waals surface area contributed by atoms with Gasteiger partial charge in [0, 0.05) is 0 Å². The Labute approximate surface area is 127 Å². The summed E-state index contributed by atoms with van der Waals surface area (Å²) in [6.07, 6.45) is 17.5. The van der Waals surface area contributed by atoms with Crippen molar-refractivity contribution in [1.82, 2.24) is 0 Å². The summed E-state index contributed by atoms with van der Waals surface area (Å²) in [5.74, 6) is 0.797. The maximum atomic E-state index is 13.6. The Hall–Kier alpha value is -0.330. The van der Waals surface area contributed by atoms with Gasteiger partial charge < -0.3 is 0 Å². The van der Waals surface area contributed by atoms with Gasteiger partial charge in [-0.05, 0) is 25.2 Å². The van der Waals surface area contributed by atoms with Gasteiger partial charge in [0.15, 0.2) is 0 Å². The van der Waals surface area contributed by atoms with E-state index in [4.69, 9.17) is 0 Å². The highest BCUT2D eigenvalue weighted by atomic mass is 19.1. The van der Waals surface area contributed by atoms with Gasteiger partial charge in [0.05, 0.1) is 0 Å². The number of allylic oxidation sites excluding steroid dienone is 2. The van der Waals surface area contributed by atoms with Crippen LogP contribution in [0.4, 0.5) is 4.39 Å². The maximum Gasteiger partial charge on any atom is 0.118 e. The van der Waals surface area contributed by atoms with Crippen molar-refractivity contribution in [3.63, 3.8) is 0 Å². The van der Waals surface area contributed by atoms with E-state index in [9.17, 15) is 4.39 Å². The lowest BCUT2D eigenvalue weighted by Crippen LogP contribution is -1.95. The van der Waals surface area contributed by atoms with Crippen LogP contribution in [-0.2, 0) is 0 Å². The lowest BCUT2D eigenvalue weighted by atomic mass is 10.0. The predicted molar refractivity (Wildman–Crippen MR) is 90.0 cm³/mol. The molecular formula is C19H37F. The SMILES string of the molecule is CCCCCCCCCC(F)/C=C\CCCCC(C)C. The molecule has 0 aliphatic rings. The van der Waals surface area contributed by atoms with E-state index < -0.39 is 6.17 Å². The molecule has 1 unspecified atom stereocenters. The molecule has 120 valence electrons. The smallest absolute Gasteiger partial charge is 0.118 e. The number of rotatable bonds is 14. The lowest BCUT2D eigenvalue weighted by molar-refractivity contribution is 0.363. The van der Waals surface area contributed by atoms with Crippen LogP contribution < -0.4 is 0 Å². The normalized spacial score (nSPS) is 13.4. The van der Waals surface area contributed by atoms with Gasteiger partial charge in [-0.3, -0.25) is 0 Å². The molecule has 0 saturated heterocycles. The van der Waals surface area contributed by atoms with Gasteiger partial charge in [0.2, 0.25) is 0 Å². The van der Waals surface area contributed by atoms with Crippen LogP contribution >= 0.6 is 0 Å². The molecule has 20 heavy (non-hydrogen) atoms. The fourth-order valence-corrected chi connectivity index (χ4v) is 2.45. The van der Waals surface area contributed by atoms with Crippen molar-refractivity contribution in [1.29, 1.82) is 0 Å². The van der Waals surface area contributed by atoms with Crippen LogP contribution in [0, 0.1) is 5.92 Å². The van der Waals surface area contributed by atoms with Crippen molar-refractivity contribution in [2.24, 2.45) is 5.92 Å². The molecule has 0 amide bonds. The molecule has 1 heteroatoms. The Morgan fingerprint density at radius 3 is 2.05 bits per heavy atom. The number of hydrogen-bond donors (Lipinski definition) is 0. The second-order valence-corrected chi connectivity index (χ2v) is 6.53. The Morgan fingerprint density at radius 2 is 1.40 bits per heavy atom. The molecule has 0 spiro atoms. The van der Waals surface area contributed by atoms with Gasteiger partial charge in [-0.15, -0.1) is 0 Å². The number of hydrogen-bond acceptors (Lipinski definition) is 0. The van der Waals surface area contributed by atoms with Crippen LogP contribution in [0.15, 0.2) is 12.2 Å². The van der Waals surface area contributed by atoms with Crippen molar-refractivity contribution in [3.05, 3.63) is 12.2 Å². The summed E-state index contributed by atoms with van der Waals surface area (Å²) in [6.45, 7) is 6.76. The predicted octanol–water partition coefficient (Wildman–Crippen LogP) is 7.24. The zero-order chi connectivity index (χ0) is 15.1. The van der Waals surface area contributed by atoms with E-state index in [-0.39, 0.29) is 0 Å². The van der Waals surface area contributed by atoms with Gasteiger partial charge in [-0.25, -0.2) is 4.39 Å². The standard InChI is InChI=1S/C19H37F/c1-4-5-6-7-8-9-13-16-19(20)17-14-11-10-12-15-18(2)3/h14,17-19H,4-13,15-16H2,1-3H3/b17-14-. The summed E-state index contributed by atoms with van der Waals surface area (Å²) < 4.78 is 13.6. The number of alkyl halides is 1. The summed E-state index contributed by atoms with van der Waals surface area (Å²) in [6, 6.07) is 0. The maximum absolute atomic E-state index is 13.6. The first-order valence-corrected chi connectivity index (χ1v) is 8.97. The highest BCUT2D eigenvalue weighted by Gasteiger charge is 2.01. The zero-order valence-electron chi connectivity index (χ0n) is 14.2. The van der Waals surface area contributed by atoms with E-state index in [0.29, 0.717) is 0 Å². The third kappa shape index (κ3) is 15.7. The van der Waals surface area contributed by atoms with Crippen LogP contribution in [0.3, 0.4) is 0 Å². The fourth-order valence-electron chi connectivity index (χ4n) is 2.45. The highest BCUT2D eigenvalue weighted by molar-refractivity contribution is 4.88. The van der Waals surface area contributed by atoms with Crippen molar-refractivity contribution >= 4 is 0 Å². The summed E-state index contributed by atoms with van der Waals surface area (Å²) in [4.78, 5) is 0. The monoisotopic (exact) mass is 284 g/mol. The first-order valence-electron chi connectivity index (χ1n) is 8.97. The second-order valence-electron chi connectivity index (χ2n) is 6.53. The van der Waals surface area contributed by atoms with E-state index in [2.05, 4.69) is 20.8 Å². The molecule has 0 aliphatic carbocycles. The third-order valence-electron chi connectivity index (χ3n) is 3.83. The van der Waals surface area contributed by atoms with Crippen LogP contribution in [0.1, 0.15) is 97.8 Å². The van der Waals surface area contributed by atoms with E-state index in [1.165, 1.54) is 57.8 Å². The zero-order valence-corrected chi connectivity index (χ0v) is 14.2. The molecule has 0 nitrogen and oxygen atoms in total. The van der Waals surface area contributed by atoms with E-state index in [1.54, 1.807) is 6.08 Å². The Kier molecular flexibility index (Phi) is 14.8. The Bertz CT molecular complexity index is 208. The molecule has 0 aromatic heterocycles. The summed E-state index contributed by atoms with van der Waals surface area (Å²) >= 11 is 0. The minimum atomic E-state index is -0.712. The summed E-state index contributed by atoms with van der Waals surface area (Å²) in [5.41, 5.74) is 0. The Morgan fingerprint density at radius 1 is 0.800 bits per heavy atom. The molecule has 1 atom stereocenters. The molecule has 0 aromatic rings. The average Bonchev–Trinajstić information content (AvgIpc) is 2.41. The fraction of sp³-hybridized carbons (Fsp3) is 0.895. The van der Waals surface area contributed by atoms with E-state index in [0.717, 1.165) is 25.2 Å². The van der Waals surface area contributed by atoms with Crippen molar-refractivity contribution in [2.75, 3.05) is 0 Å². The molecule has 0 aliphatic heterocycles. The van der Waals surface area contributed by atoms with E-state index in [1.807, 2.05) is 6.08 Å². The van der Waals surface area contributed by atoms with Crippen molar-refractivity contribution in [3.8, 4) is 0 Å². The molecule has 0 heterocycles. The first kappa shape index (κ1) is 19.7. The van der Waals surface area contributed by atoms with Gasteiger partial charge in [-0.1, -0.05) is 90.7 Å². The second kappa shape index (κ2) is 15.1. The molecule has 0 radical (unpaired) electrons. The number of unbranched alkanes of at least 4 members (excludes halogenated alkanes) is 8.